The number of aliphatic hydroxyl groups is 1. The molecule has 0 unspecified atom stereocenters. The van der Waals surface area contributed by atoms with Crippen LogP contribution in [0.2, 0.25) is 10.2 Å². The van der Waals surface area contributed by atoms with Gasteiger partial charge < -0.3 is 25.4 Å². The van der Waals surface area contributed by atoms with Crippen LogP contribution in [0.5, 0.6) is 0 Å². The fourth-order valence-corrected chi connectivity index (χ4v) is 6.66. The third-order valence-electron chi connectivity index (χ3n) is 6.75. The summed E-state index contributed by atoms with van der Waals surface area (Å²) in [7, 11) is 0. The van der Waals surface area contributed by atoms with E-state index in [0.29, 0.717) is 50.7 Å². The summed E-state index contributed by atoms with van der Waals surface area (Å²) in [4.78, 5) is 31.3. The Hall–Kier alpha value is -2.40. The molecule has 3 aromatic heterocycles. The molecular weight excluding hydrogens is 487 g/mol. The van der Waals surface area contributed by atoms with Gasteiger partial charge in [-0.05, 0) is 24.7 Å². The molecule has 0 aromatic carbocycles. The minimum Gasteiger partial charge on any atom is -0.481 e. The predicted molar refractivity (Wildman–Crippen MR) is 127 cm³/mol. The van der Waals surface area contributed by atoms with Gasteiger partial charge in [0, 0.05) is 19.1 Å². The van der Waals surface area contributed by atoms with Crippen LogP contribution in [0.1, 0.15) is 12.8 Å². The quantitative estimate of drug-likeness (QED) is 0.386. The van der Waals surface area contributed by atoms with Crippen LogP contribution >= 0.6 is 34.5 Å². The van der Waals surface area contributed by atoms with Gasteiger partial charge in [-0.25, -0.2) is 15.0 Å². The van der Waals surface area contributed by atoms with E-state index in [0.717, 1.165) is 18.1 Å². The maximum absolute atomic E-state index is 11.9. The van der Waals surface area contributed by atoms with Crippen molar-refractivity contribution in [3.05, 3.63) is 28.5 Å². The van der Waals surface area contributed by atoms with E-state index in [-0.39, 0.29) is 24.0 Å². The van der Waals surface area contributed by atoms with Crippen molar-refractivity contribution in [3.63, 3.8) is 0 Å². The van der Waals surface area contributed by atoms with Crippen LogP contribution in [0.3, 0.4) is 0 Å². The Morgan fingerprint density at radius 3 is 2.85 bits per heavy atom. The Balaban J connectivity index is 1.36. The number of pyridine rings is 1. The Kier molecular flexibility index (Phi) is 5.02. The molecular formula is C21H20Cl2N6O3S. The van der Waals surface area contributed by atoms with Gasteiger partial charge in [-0.2, -0.15) is 0 Å². The van der Waals surface area contributed by atoms with Gasteiger partial charge in [0.05, 0.1) is 28.9 Å². The molecule has 2 bridgehead atoms. The number of rotatable bonds is 5. The molecule has 1 saturated heterocycles. The number of fused-ring (bicyclic) bond motifs is 3. The van der Waals surface area contributed by atoms with Gasteiger partial charge in [-0.15, -0.1) is 0 Å². The average Bonchev–Trinajstić information content (AvgIpc) is 3.57. The summed E-state index contributed by atoms with van der Waals surface area (Å²) in [6.07, 6.45) is 6.75. The monoisotopic (exact) mass is 506 g/mol. The summed E-state index contributed by atoms with van der Waals surface area (Å²) < 4.78 is 0. The van der Waals surface area contributed by atoms with Gasteiger partial charge in [0.25, 0.3) is 0 Å². The molecule has 9 nitrogen and oxygen atoms in total. The van der Waals surface area contributed by atoms with Crippen molar-refractivity contribution in [3.8, 4) is 10.7 Å². The number of imidazole rings is 1. The maximum Gasteiger partial charge on any atom is 0.309 e. The minimum atomic E-state index is -0.813. The molecule has 33 heavy (non-hydrogen) atoms. The van der Waals surface area contributed by atoms with E-state index in [2.05, 4.69) is 31.3 Å². The number of aliphatic hydroxyl groups excluding tert-OH is 1. The largest absolute Gasteiger partial charge is 0.481 e. The fourth-order valence-electron chi connectivity index (χ4n) is 5.19. The summed E-state index contributed by atoms with van der Waals surface area (Å²) in [5.41, 5.74) is 1.63. The molecule has 2 aliphatic carbocycles. The standard InChI is InChI=1S/C21H20Cl2N6O3S/c22-11-6-24-18-15(14(11)25-13-9-2-1-8(5-9)12(13)20(31)32)26-19(28-18)16-17(23)27-21(33-16)29-4-3-10(30)7-29/h1-2,6,8-10,12-13,30H,3-5,7H2,(H,31,32)(H2,24,25,26,28)/t8-,9+,10-,12+,13-/m1/s1. The van der Waals surface area contributed by atoms with Crippen LogP contribution in [0.15, 0.2) is 18.3 Å². The number of aliphatic carboxylic acids is 1. The number of anilines is 2. The number of aromatic amines is 1. The Morgan fingerprint density at radius 2 is 2.09 bits per heavy atom. The second-order valence-electron chi connectivity index (χ2n) is 8.75. The molecule has 5 atom stereocenters. The van der Waals surface area contributed by atoms with Crippen LogP contribution in [-0.2, 0) is 4.79 Å². The van der Waals surface area contributed by atoms with Gasteiger partial charge in [-0.3, -0.25) is 4.79 Å². The fraction of sp³-hybridized carbons (Fsp3) is 0.429. The topological polar surface area (TPSA) is 127 Å². The van der Waals surface area contributed by atoms with E-state index in [9.17, 15) is 15.0 Å². The van der Waals surface area contributed by atoms with E-state index in [1.165, 1.54) is 17.5 Å². The van der Waals surface area contributed by atoms with E-state index >= 15 is 0 Å². The molecule has 6 rings (SSSR count). The lowest BCUT2D eigenvalue weighted by Crippen LogP contribution is -2.37. The lowest BCUT2D eigenvalue weighted by molar-refractivity contribution is -0.142. The van der Waals surface area contributed by atoms with Gasteiger partial charge >= 0.3 is 5.97 Å². The highest BCUT2D eigenvalue weighted by Gasteiger charge is 2.48. The number of carboxylic acid groups (broad SMARTS) is 1. The molecule has 4 heterocycles. The molecule has 12 heteroatoms. The van der Waals surface area contributed by atoms with Crippen molar-refractivity contribution in [2.75, 3.05) is 23.3 Å². The third-order valence-corrected chi connectivity index (χ3v) is 8.55. The van der Waals surface area contributed by atoms with Crippen LogP contribution in [0, 0.1) is 17.8 Å². The third kappa shape index (κ3) is 3.47. The predicted octanol–water partition coefficient (Wildman–Crippen LogP) is 3.65. The second kappa shape index (κ2) is 7.83. The SMILES string of the molecule is O=C(O)[C@@H]1[C@H](Nc2c(Cl)cnc3nc(-c4sc(N5CC[C@@H](O)C5)nc4Cl)[nH]c23)[C@H]2C=C[C@@H]1C2. The molecule has 1 aliphatic heterocycles. The normalized spacial score (nSPS) is 28.3. The van der Waals surface area contributed by atoms with E-state index in [1.807, 2.05) is 11.0 Å². The van der Waals surface area contributed by atoms with E-state index in [1.54, 1.807) is 0 Å². The Bertz CT molecular complexity index is 1290. The van der Waals surface area contributed by atoms with Gasteiger partial charge in [-0.1, -0.05) is 46.7 Å². The maximum atomic E-state index is 11.9. The molecule has 0 spiro atoms. The first-order valence-corrected chi connectivity index (χ1v) is 12.3. The highest BCUT2D eigenvalue weighted by Crippen LogP contribution is 2.46. The highest BCUT2D eigenvalue weighted by atomic mass is 35.5. The van der Waals surface area contributed by atoms with Crippen LogP contribution in [0.4, 0.5) is 10.8 Å². The van der Waals surface area contributed by atoms with Crippen molar-refractivity contribution in [2.24, 2.45) is 17.8 Å². The number of hydrogen-bond donors (Lipinski definition) is 4. The molecule has 0 amide bonds. The second-order valence-corrected chi connectivity index (χ2v) is 10.5. The number of carboxylic acids is 1. The van der Waals surface area contributed by atoms with Crippen molar-refractivity contribution in [1.29, 1.82) is 0 Å². The summed E-state index contributed by atoms with van der Waals surface area (Å²) in [5, 5.41) is 24.4. The molecule has 3 aliphatic rings. The van der Waals surface area contributed by atoms with Crippen molar-refractivity contribution in [2.45, 2.75) is 25.0 Å². The van der Waals surface area contributed by atoms with Crippen LogP contribution < -0.4 is 10.2 Å². The summed E-state index contributed by atoms with van der Waals surface area (Å²) in [6.45, 7) is 1.25. The molecule has 0 radical (unpaired) electrons. The number of hydrogen-bond acceptors (Lipinski definition) is 8. The lowest BCUT2D eigenvalue weighted by Gasteiger charge is -2.27. The molecule has 1 saturated carbocycles. The van der Waals surface area contributed by atoms with Crippen LogP contribution in [-0.4, -0.2) is 61.4 Å². The first-order chi connectivity index (χ1) is 15.9. The van der Waals surface area contributed by atoms with Crippen LogP contribution in [0.25, 0.3) is 21.9 Å². The van der Waals surface area contributed by atoms with Gasteiger partial charge in [0.15, 0.2) is 21.8 Å². The number of thiazole rings is 1. The zero-order valence-corrected chi connectivity index (χ0v) is 19.5. The number of nitrogens with one attached hydrogen (secondary N) is 2. The first-order valence-electron chi connectivity index (χ1n) is 10.7. The number of H-pyrrole nitrogens is 1. The zero-order valence-electron chi connectivity index (χ0n) is 17.2. The molecule has 3 aromatic rings. The van der Waals surface area contributed by atoms with Gasteiger partial charge in [0.1, 0.15) is 10.4 Å². The summed E-state index contributed by atoms with van der Waals surface area (Å²) in [5.74, 6) is -0.661. The van der Waals surface area contributed by atoms with E-state index < -0.39 is 11.9 Å². The number of β-amino-alcohol motifs (C(OH)–C–C–N with tert-alkyl or cyclic N) is 1. The molecule has 4 N–H and O–H groups in total. The van der Waals surface area contributed by atoms with Crippen molar-refractivity contribution >= 4 is 62.5 Å². The Morgan fingerprint density at radius 1 is 1.27 bits per heavy atom. The first kappa shape index (κ1) is 21.2. The minimum absolute atomic E-state index is 0.0250. The summed E-state index contributed by atoms with van der Waals surface area (Å²) >= 11 is 14.3. The van der Waals surface area contributed by atoms with Crippen molar-refractivity contribution in [1.82, 2.24) is 19.9 Å². The summed E-state index contributed by atoms with van der Waals surface area (Å²) in [6, 6.07) is -0.271. The zero-order chi connectivity index (χ0) is 22.9. The van der Waals surface area contributed by atoms with Gasteiger partial charge in [0.2, 0.25) is 0 Å². The van der Waals surface area contributed by atoms with E-state index in [4.69, 9.17) is 23.2 Å². The average molecular weight is 507 g/mol. The number of carbonyl (C=O) groups is 1. The Labute approximate surface area is 202 Å². The molecule has 172 valence electrons. The molecule has 2 fully saturated rings. The number of aromatic nitrogens is 4. The number of halogens is 2. The number of nitrogens with zero attached hydrogens (tertiary/aromatic N) is 4. The van der Waals surface area contributed by atoms with Crippen molar-refractivity contribution < 1.29 is 15.0 Å². The highest BCUT2D eigenvalue weighted by molar-refractivity contribution is 7.19. The smallest absolute Gasteiger partial charge is 0.309 e. The lowest BCUT2D eigenvalue weighted by atomic mass is 9.89. The number of allylic oxidation sites excluding steroid dienone is 1.